The molecule has 6 nitrogen and oxygen atoms in total. The molecule has 2 fully saturated rings. The van der Waals surface area contributed by atoms with Crippen LogP contribution in [0.5, 0.6) is 0 Å². The van der Waals surface area contributed by atoms with Gasteiger partial charge in [-0.15, -0.1) is 0 Å². The number of amides is 3. The van der Waals surface area contributed by atoms with E-state index in [4.69, 9.17) is 11.6 Å². The minimum atomic E-state index is -0.521. The average molecular weight is 355 g/mol. The van der Waals surface area contributed by atoms with Gasteiger partial charge < -0.3 is 15.5 Å². The fourth-order valence-corrected chi connectivity index (χ4v) is 2.77. The molecule has 0 unspecified atom stereocenters. The summed E-state index contributed by atoms with van der Waals surface area (Å²) in [5.41, 5.74) is 0.456. The van der Waals surface area contributed by atoms with Crippen molar-refractivity contribution in [2.24, 2.45) is 0 Å². The topological polar surface area (TPSA) is 64.7 Å². The third-order valence-electron chi connectivity index (χ3n) is 4.14. The van der Waals surface area contributed by atoms with E-state index in [0.29, 0.717) is 44.5 Å². The summed E-state index contributed by atoms with van der Waals surface area (Å²) in [4.78, 5) is 27.7. The third kappa shape index (κ3) is 4.58. The Morgan fingerprint density at radius 3 is 2.54 bits per heavy atom. The van der Waals surface area contributed by atoms with Gasteiger partial charge in [0.1, 0.15) is 5.82 Å². The van der Waals surface area contributed by atoms with Gasteiger partial charge >= 0.3 is 6.03 Å². The van der Waals surface area contributed by atoms with Crippen molar-refractivity contribution in [1.82, 2.24) is 15.1 Å². The number of hydrogen-bond acceptors (Lipinski definition) is 3. The second-order valence-electron chi connectivity index (χ2n) is 6.16. The molecule has 3 rings (SSSR count). The Kier molecular flexibility index (Phi) is 5.20. The standard InChI is InChI=1S/C16H20ClFN4O2/c17-13-9-12(3-4-14(13)18)20-16(24)22-7-5-21(6-8-22)10-15(23)19-11-1-2-11/h3-4,9,11H,1-2,5-8,10H2,(H,19,23)(H,20,24). The molecule has 1 saturated heterocycles. The van der Waals surface area contributed by atoms with Crippen molar-refractivity contribution in [3.05, 3.63) is 29.0 Å². The Labute approximate surface area is 144 Å². The van der Waals surface area contributed by atoms with Crippen molar-refractivity contribution >= 4 is 29.2 Å². The van der Waals surface area contributed by atoms with Crippen LogP contribution in [0.4, 0.5) is 14.9 Å². The fraction of sp³-hybridized carbons (Fsp3) is 0.500. The molecule has 0 radical (unpaired) electrons. The van der Waals surface area contributed by atoms with Crippen LogP contribution >= 0.6 is 11.6 Å². The maximum Gasteiger partial charge on any atom is 0.321 e. The lowest BCUT2D eigenvalue weighted by Crippen LogP contribution is -2.52. The highest BCUT2D eigenvalue weighted by atomic mass is 35.5. The number of halogens is 2. The summed E-state index contributed by atoms with van der Waals surface area (Å²) >= 11 is 5.71. The molecule has 8 heteroatoms. The molecule has 1 saturated carbocycles. The quantitative estimate of drug-likeness (QED) is 0.868. The number of carbonyl (C=O) groups excluding carboxylic acids is 2. The van der Waals surface area contributed by atoms with Crippen LogP contribution in [0.2, 0.25) is 5.02 Å². The van der Waals surface area contributed by atoms with E-state index in [-0.39, 0.29) is 17.0 Å². The second-order valence-corrected chi connectivity index (χ2v) is 6.57. The highest BCUT2D eigenvalue weighted by molar-refractivity contribution is 6.31. The van der Waals surface area contributed by atoms with Crippen molar-refractivity contribution in [2.45, 2.75) is 18.9 Å². The first-order valence-corrected chi connectivity index (χ1v) is 8.42. The summed E-state index contributed by atoms with van der Waals surface area (Å²) in [7, 11) is 0. The lowest BCUT2D eigenvalue weighted by Gasteiger charge is -2.34. The molecule has 1 heterocycles. The Bertz CT molecular complexity index is 631. The monoisotopic (exact) mass is 354 g/mol. The van der Waals surface area contributed by atoms with Crippen molar-refractivity contribution < 1.29 is 14.0 Å². The van der Waals surface area contributed by atoms with Gasteiger partial charge in [-0.3, -0.25) is 9.69 Å². The predicted molar refractivity (Wildman–Crippen MR) is 89.6 cm³/mol. The Morgan fingerprint density at radius 2 is 1.92 bits per heavy atom. The molecular weight excluding hydrogens is 335 g/mol. The number of hydrogen-bond donors (Lipinski definition) is 2. The SMILES string of the molecule is O=C(CN1CCN(C(=O)Nc2ccc(F)c(Cl)c2)CC1)NC1CC1. The van der Waals surface area contributed by atoms with Crippen LogP contribution in [-0.2, 0) is 4.79 Å². The predicted octanol–water partition coefficient (Wildman–Crippen LogP) is 1.91. The summed E-state index contributed by atoms with van der Waals surface area (Å²) in [6.45, 7) is 2.75. The second kappa shape index (κ2) is 7.36. The number of nitrogens with one attached hydrogen (secondary N) is 2. The number of anilines is 1. The van der Waals surface area contributed by atoms with E-state index in [0.717, 1.165) is 12.8 Å². The maximum absolute atomic E-state index is 13.1. The van der Waals surface area contributed by atoms with E-state index >= 15 is 0 Å². The maximum atomic E-state index is 13.1. The molecule has 1 aliphatic carbocycles. The molecule has 0 bridgehead atoms. The van der Waals surface area contributed by atoms with Gasteiger partial charge in [-0.1, -0.05) is 11.6 Å². The smallest absolute Gasteiger partial charge is 0.321 e. The van der Waals surface area contributed by atoms with Gasteiger partial charge in [-0.05, 0) is 31.0 Å². The molecule has 3 amide bonds. The number of rotatable bonds is 4. The van der Waals surface area contributed by atoms with E-state index < -0.39 is 5.82 Å². The largest absolute Gasteiger partial charge is 0.352 e. The zero-order chi connectivity index (χ0) is 17.1. The molecule has 1 aromatic carbocycles. The van der Waals surface area contributed by atoms with E-state index in [1.165, 1.54) is 18.2 Å². The summed E-state index contributed by atoms with van der Waals surface area (Å²) in [6, 6.07) is 4.19. The van der Waals surface area contributed by atoms with Crippen molar-refractivity contribution in [3.8, 4) is 0 Å². The summed E-state index contributed by atoms with van der Waals surface area (Å²) in [6.07, 6.45) is 2.15. The Balaban J connectivity index is 1.44. The van der Waals surface area contributed by atoms with Crippen LogP contribution in [0.3, 0.4) is 0 Å². The molecule has 130 valence electrons. The molecule has 0 aromatic heterocycles. The van der Waals surface area contributed by atoms with E-state index in [2.05, 4.69) is 10.6 Å². The molecule has 1 aromatic rings. The van der Waals surface area contributed by atoms with Gasteiger partial charge in [0.15, 0.2) is 0 Å². The van der Waals surface area contributed by atoms with Gasteiger partial charge in [0, 0.05) is 37.9 Å². The molecule has 1 aliphatic heterocycles. The summed E-state index contributed by atoms with van der Waals surface area (Å²) in [5.74, 6) is -0.468. The highest BCUT2D eigenvalue weighted by Gasteiger charge is 2.26. The van der Waals surface area contributed by atoms with Crippen molar-refractivity contribution in [3.63, 3.8) is 0 Å². The molecule has 2 N–H and O–H groups in total. The molecule has 0 spiro atoms. The van der Waals surface area contributed by atoms with Crippen LogP contribution in [0, 0.1) is 5.82 Å². The third-order valence-corrected chi connectivity index (χ3v) is 4.43. The first-order chi connectivity index (χ1) is 11.5. The van der Waals surface area contributed by atoms with Gasteiger partial charge in [0.2, 0.25) is 5.91 Å². The number of urea groups is 1. The van der Waals surface area contributed by atoms with Gasteiger partial charge in [-0.2, -0.15) is 0 Å². The molecule has 0 atom stereocenters. The number of piperazine rings is 1. The minimum absolute atomic E-state index is 0.0284. The lowest BCUT2D eigenvalue weighted by atomic mass is 10.3. The highest BCUT2D eigenvalue weighted by Crippen LogP contribution is 2.20. The van der Waals surface area contributed by atoms with Gasteiger partial charge in [0.05, 0.1) is 11.6 Å². The van der Waals surface area contributed by atoms with Gasteiger partial charge in [-0.25, -0.2) is 9.18 Å². The Hall–Kier alpha value is -1.86. The van der Waals surface area contributed by atoms with Crippen LogP contribution in [-0.4, -0.2) is 60.5 Å². The zero-order valence-electron chi connectivity index (χ0n) is 13.2. The first-order valence-electron chi connectivity index (χ1n) is 8.04. The van der Waals surface area contributed by atoms with Crippen LogP contribution < -0.4 is 10.6 Å². The van der Waals surface area contributed by atoms with Gasteiger partial charge in [0.25, 0.3) is 0 Å². The molecule has 2 aliphatic rings. The number of carbonyl (C=O) groups is 2. The normalized spacial score (nSPS) is 18.3. The van der Waals surface area contributed by atoms with E-state index in [9.17, 15) is 14.0 Å². The summed E-state index contributed by atoms with van der Waals surface area (Å²) < 4.78 is 13.1. The fourth-order valence-electron chi connectivity index (χ4n) is 2.59. The van der Waals surface area contributed by atoms with Crippen molar-refractivity contribution in [1.29, 1.82) is 0 Å². The number of benzene rings is 1. The average Bonchev–Trinajstić information content (AvgIpc) is 3.35. The lowest BCUT2D eigenvalue weighted by molar-refractivity contribution is -0.122. The van der Waals surface area contributed by atoms with Crippen molar-refractivity contribution in [2.75, 3.05) is 38.0 Å². The minimum Gasteiger partial charge on any atom is -0.352 e. The van der Waals surface area contributed by atoms with Crippen LogP contribution in [0.1, 0.15) is 12.8 Å². The van der Waals surface area contributed by atoms with Crippen LogP contribution in [0.15, 0.2) is 18.2 Å². The summed E-state index contributed by atoms with van der Waals surface area (Å²) in [5, 5.41) is 5.64. The zero-order valence-corrected chi connectivity index (χ0v) is 14.0. The molecular formula is C16H20ClFN4O2. The van der Waals surface area contributed by atoms with E-state index in [1.54, 1.807) is 4.90 Å². The van der Waals surface area contributed by atoms with Crippen LogP contribution in [0.25, 0.3) is 0 Å². The number of nitrogens with zero attached hydrogens (tertiary/aromatic N) is 2. The van der Waals surface area contributed by atoms with E-state index in [1.807, 2.05) is 4.90 Å². The molecule has 24 heavy (non-hydrogen) atoms. The first kappa shape index (κ1) is 17.0. The Morgan fingerprint density at radius 1 is 1.21 bits per heavy atom.